The fraction of sp³-hybridized carbons (Fsp3) is 0.533. The van der Waals surface area contributed by atoms with Crippen LogP contribution in [0.25, 0.3) is 0 Å². The van der Waals surface area contributed by atoms with E-state index in [0.717, 1.165) is 29.6 Å². The number of benzene rings is 1. The van der Waals surface area contributed by atoms with Crippen LogP contribution in [0.4, 0.5) is 11.4 Å². The van der Waals surface area contributed by atoms with Crippen LogP contribution in [0.15, 0.2) is 24.3 Å². The molecular weight excluding hydrogens is 256 g/mol. The van der Waals surface area contributed by atoms with Gasteiger partial charge in [-0.25, -0.2) is 0 Å². The first kappa shape index (κ1) is 12.9. The first-order valence-electron chi connectivity index (χ1n) is 7.01. The highest BCUT2D eigenvalue weighted by atomic mass is 32.2. The third kappa shape index (κ3) is 2.89. The second-order valence-corrected chi connectivity index (χ2v) is 6.89. The Morgan fingerprint density at radius 3 is 2.68 bits per heavy atom. The van der Waals surface area contributed by atoms with E-state index in [-0.39, 0.29) is 5.91 Å². The van der Waals surface area contributed by atoms with Crippen molar-refractivity contribution in [1.82, 2.24) is 0 Å². The van der Waals surface area contributed by atoms with Crippen LogP contribution in [-0.4, -0.2) is 29.5 Å². The van der Waals surface area contributed by atoms with Crippen molar-refractivity contribution in [3.05, 3.63) is 24.3 Å². The molecule has 1 aromatic carbocycles. The van der Waals surface area contributed by atoms with Crippen molar-refractivity contribution in [3.8, 4) is 0 Å². The molecule has 0 aliphatic carbocycles. The van der Waals surface area contributed by atoms with Gasteiger partial charge in [0.25, 0.3) is 0 Å². The Hall–Kier alpha value is -1.16. The highest BCUT2D eigenvalue weighted by molar-refractivity contribution is 8.00. The SMILES string of the molecule is CC1CC(Nc2ccc(N3CCCC3=O)cc2)CS1. The molecule has 0 aromatic heterocycles. The van der Waals surface area contributed by atoms with E-state index in [1.807, 2.05) is 16.7 Å². The summed E-state index contributed by atoms with van der Waals surface area (Å²) in [7, 11) is 0. The number of hydrogen-bond donors (Lipinski definition) is 1. The molecule has 102 valence electrons. The molecule has 2 atom stereocenters. The maximum atomic E-state index is 11.7. The summed E-state index contributed by atoms with van der Waals surface area (Å²) in [5, 5.41) is 4.34. The zero-order chi connectivity index (χ0) is 13.2. The maximum absolute atomic E-state index is 11.7. The van der Waals surface area contributed by atoms with Crippen molar-refractivity contribution >= 4 is 29.0 Å². The molecule has 1 N–H and O–H groups in total. The van der Waals surface area contributed by atoms with Crippen LogP contribution in [-0.2, 0) is 4.79 Å². The van der Waals surface area contributed by atoms with Crippen molar-refractivity contribution in [2.45, 2.75) is 37.5 Å². The number of nitrogens with one attached hydrogen (secondary N) is 1. The van der Waals surface area contributed by atoms with Gasteiger partial charge in [-0.05, 0) is 37.1 Å². The maximum Gasteiger partial charge on any atom is 0.227 e. The number of nitrogens with zero attached hydrogens (tertiary/aromatic N) is 1. The predicted octanol–water partition coefficient (Wildman–Crippen LogP) is 3.12. The van der Waals surface area contributed by atoms with Gasteiger partial charge >= 0.3 is 0 Å². The van der Waals surface area contributed by atoms with Crippen LogP contribution in [0.3, 0.4) is 0 Å². The van der Waals surface area contributed by atoms with Crippen LogP contribution in [0.1, 0.15) is 26.2 Å². The average Bonchev–Trinajstić information content (AvgIpc) is 3.00. The zero-order valence-electron chi connectivity index (χ0n) is 11.3. The number of rotatable bonds is 3. The number of anilines is 2. The summed E-state index contributed by atoms with van der Waals surface area (Å²) in [6.45, 7) is 3.15. The molecule has 0 bridgehead atoms. The van der Waals surface area contributed by atoms with Gasteiger partial charge in [0.2, 0.25) is 5.91 Å². The number of carbonyl (C=O) groups is 1. The van der Waals surface area contributed by atoms with Crippen molar-refractivity contribution in [2.24, 2.45) is 0 Å². The lowest BCUT2D eigenvalue weighted by Gasteiger charge is -2.17. The van der Waals surface area contributed by atoms with Gasteiger partial charge in [0.1, 0.15) is 0 Å². The molecule has 0 spiro atoms. The molecule has 2 fully saturated rings. The monoisotopic (exact) mass is 276 g/mol. The first-order chi connectivity index (χ1) is 9.22. The Morgan fingerprint density at radius 2 is 2.11 bits per heavy atom. The number of carbonyl (C=O) groups excluding carboxylic acids is 1. The van der Waals surface area contributed by atoms with Gasteiger partial charge in [-0.2, -0.15) is 11.8 Å². The molecular formula is C15H20N2OS. The van der Waals surface area contributed by atoms with E-state index < -0.39 is 0 Å². The van der Waals surface area contributed by atoms with Crippen LogP contribution in [0, 0.1) is 0 Å². The van der Waals surface area contributed by atoms with E-state index in [1.54, 1.807) is 0 Å². The molecule has 19 heavy (non-hydrogen) atoms. The van der Waals surface area contributed by atoms with Crippen molar-refractivity contribution in [2.75, 3.05) is 22.5 Å². The highest BCUT2D eigenvalue weighted by Crippen LogP contribution is 2.29. The summed E-state index contributed by atoms with van der Waals surface area (Å²) in [6, 6.07) is 8.87. The Morgan fingerprint density at radius 1 is 1.32 bits per heavy atom. The predicted molar refractivity (Wildman–Crippen MR) is 82.0 cm³/mol. The summed E-state index contributed by atoms with van der Waals surface area (Å²) in [5.41, 5.74) is 2.19. The number of thioether (sulfide) groups is 1. The molecule has 1 amide bonds. The van der Waals surface area contributed by atoms with E-state index in [9.17, 15) is 4.79 Å². The van der Waals surface area contributed by atoms with Gasteiger partial charge in [-0.3, -0.25) is 4.79 Å². The summed E-state index contributed by atoms with van der Waals surface area (Å²) < 4.78 is 0. The fourth-order valence-electron chi connectivity index (χ4n) is 2.81. The quantitative estimate of drug-likeness (QED) is 0.920. The lowest BCUT2D eigenvalue weighted by atomic mass is 10.2. The minimum Gasteiger partial charge on any atom is -0.381 e. The Balaban J connectivity index is 1.64. The minimum atomic E-state index is 0.252. The normalized spacial score (nSPS) is 27.0. The molecule has 2 aliphatic heterocycles. The number of hydrogen-bond acceptors (Lipinski definition) is 3. The van der Waals surface area contributed by atoms with E-state index in [4.69, 9.17) is 0 Å². The fourth-order valence-corrected chi connectivity index (χ4v) is 3.96. The third-order valence-electron chi connectivity index (χ3n) is 3.82. The molecule has 2 aliphatic rings. The van der Waals surface area contributed by atoms with Gasteiger partial charge in [0.05, 0.1) is 0 Å². The van der Waals surface area contributed by atoms with Crippen LogP contribution in [0.5, 0.6) is 0 Å². The Bertz CT molecular complexity index is 460. The van der Waals surface area contributed by atoms with Crippen molar-refractivity contribution in [1.29, 1.82) is 0 Å². The average molecular weight is 276 g/mol. The van der Waals surface area contributed by atoms with Crippen molar-refractivity contribution in [3.63, 3.8) is 0 Å². The second kappa shape index (κ2) is 5.45. The molecule has 1 aromatic rings. The Labute approximate surface area is 118 Å². The summed E-state index contributed by atoms with van der Waals surface area (Å²) >= 11 is 2.03. The molecule has 0 radical (unpaired) electrons. The molecule has 0 saturated carbocycles. The van der Waals surface area contributed by atoms with Gasteiger partial charge in [0.15, 0.2) is 0 Å². The largest absolute Gasteiger partial charge is 0.381 e. The Kier molecular flexibility index (Phi) is 3.69. The second-order valence-electron chi connectivity index (χ2n) is 5.42. The van der Waals surface area contributed by atoms with Crippen LogP contribution < -0.4 is 10.2 Å². The van der Waals surface area contributed by atoms with E-state index in [0.29, 0.717) is 12.5 Å². The minimum absolute atomic E-state index is 0.252. The van der Waals surface area contributed by atoms with Gasteiger partial charge in [0, 0.05) is 41.4 Å². The van der Waals surface area contributed by atoms with Crippen molar-refractivity contribution < 1.29 is 4.79 Å². The van der Waals surface area contributed by atoms with Gasteiger partial charge in [-0.15, -0.1) is 0 Å². The third-order valence-corrected chi connectivity index (χ3v) is 5.18. The highest BCUT2D eigenvalue weighted by Gasteiger charge is 2.23. The number of amides is 1. The molecule has 2 saturated heterocycles. The molecule has 4 heteroatoms. The lowest BCUT2D eigenvalue weighted by molar-refractivity contribution is -0.117. The van der Waals surface area contributed by atoms with Gasteiger partial charge < -0.3 is 10.2 Å². The van der Waals surface area contributed by atoms with E-state index in [1.165, 1.54) is 12.2 Å². The smallest absolute Gasteiger partial charge is 0.227 e. The molecule has 2 heterocycles. The molecule has 3 nitrogen and oxygen atoms in total. The van der Waals surface area contributed by atoms with Gasteiger partial charge in [-0.1, -0.05) is 6.92 Å². The van der Waals surface area contributed by atoms with Crippen LogP contribution in [0.2, 0.25) is 0 Å². The first-order valence-corrected chi connectivity index (χ1v) is 8.06. The lowest BCUT2D eigenvalue weighted by Crippen LogP contribution is -2.23. The standard InChI is InChI=1S/C15H20N2OS/c1-11-9-13(10-19-11)16-12-4-6-14(7-5-12)17-8-2-3-15(17)18/h4-7,11,13,16H,2-3,8-10H2,1H3. The summed E-state index contributed by atoms with van der Waals surface area (Å²) in [5.74, 6) is 1.44. The molecule has 2 unspecified atom stereocenters. The topological polar surface area (TPSA) is 32.3 Å². The zero-order valence-corrected chi connectivity index (χ0v) is 12.1. The van der Waals surface area contributed by atoms with E-state index in [2.05, 4.69) is 36.5 Å². The summed E-state index contributed by atoms with van der Waals surface area (Å²) in [4.78, 5) is 13.6. The van der Waals surface area contributed by atoms with E-state index >= 15 is 0 Å². The molecule has 3 rings (SSSR count). The summed E-state index contributed by atoms with van der Waals surface area (Å²) in [6.07, 6.45) is 2.91. The van der Waals surface area contributed by atoms with Crippen LogP contribution >= 0.6 is 11.8 Å².